The second-order valence-electron chi connectivity index (χ2n) is 5.77. The van der Waals surface area contributed by atoms with Gasteiger partial charge in [-0.2, -0.15) is 0 Å². The Kier molecular flexibility index (Phi) is 4.60. The van der Waals surface area contributed by atoms with Gasteiger partial charge in [-0.25, -0.2) is 4.39 Å². The minimum Gasteiger partial charge on any atom is -0.481 e. The van der Waals surface area contributed by atoms with Crippen molar-refractivity contribution in [2.24, 2.45) is 5.92 Å². The number of rotatable bonds is 6. The molecule has 0 radical (unpaired) electrons. The average Bonchev–Trinajstić information content (AvgIpc) is 3.19. The second-order valence-corrected chi connectivity index (χ2v) is 5.77. The number of hydrogen-bond donors (Lipinski definition) is 1. The molecule has 1 fully saturated rings. The van der Waals surface area contributed by atoms with Crippen LogP contribution in [0.4, 0.5) is 4.39 Å². The van der Waals surface area contributed by atoms with Gasteiger partial charge < -0.3 is 10.0 Å². The van der Waals surface area contributed by atoms with Crippen molar-refractivity contribution in [2.45, 2.75) is 38.6 Å². The van der Waals surface area contributed by atoms with Crippen molar-refractivity contribution in [1.29, 1.82) is 0 Å². The van der Waals surface area contributed by atoms with Gasteiger partial charge in [-0.15, -0.1) is 0 Å². The van der Waals surface area contributed by atoms with Crippen molar-refractivity contribution >= 4 is 11.9 Å². The van der Waals surface area contributed by atoms with E-state index in [0.29, 0.717) is 0 Å². The van der Waals surface area contributed by atoms with Gasteiger partial charge in [0.25, 0.3) is 0 Å². The van der Waals surface area contributed by atoms with Crippen molar-refractivity contribution in [2.75, 3.05) is 6.54 Å². The van der Waals surface area contributed by atoms with Crippen LogP contribution in [-0.2, 0) is 9.59 Å². The molecular weight excluding hydrogens is 273 g/mol. The Morgan fingerprint density at radius 3 is 2.48 bits per heavy atom. The van der Waals surface area contributed by atoms with Crippen LogP contribution >= 0.6 is 0 Å². The third-order valence-electron chi connectivity index (χ3n) is 3.88. The summed E-state index contributed by atoms with van der Waals surface area (Å²) in [6.07, 6.45) is 0.707. The summed E-state index contributed by atoms with van der Waals surface area (Å²) in [4.78, 5) is 24.8. The van der Waals surface area contributed by atoms with E-state index in [2.05, 4.69) is 0 Å². The van der Waals surface area contributed by atoms with Crippen LogP contribution in [0.2, 0.25) is 0 Å². The van der Waals surface area contributed by atoms with Gasteiger partial charge >= 0.3 is 5.97 Å². The molecule has 1 amide bonds. The van der Waals surface area contributed by atoms with Crippen LogP contribution in [0, 0.1) is 11.7 Å². The summed E-state index contributed by atoms with van der Waals surface area (Å²) in [6, 6.07) is 6.21. The van der Waals surface area contributed by atoms with Crippen molar-refractivity contribution in [3.8, 4) is 0 Å². The highest BCUT2D eigenvalue weighted by Crippen LogP contribution is 2.48. The van der Waals surface area contributed by atoms with Gasteiger partial charge in [-0.1, -0.05) is 12.1 Å². The fourth-order valence-electron chi connectivity index (χ4n) is 2.60. The quantitative estimate of drug-likeness (QED) is 0.877. The number of hydrogen-bond acceptors (Lipinski definition) is 2. The number of benzene rings is 1. The Balaban J connectivity index is 1.99. The SMILES string of the molecule is CC(C)N(CCC(=O)O)C(=O)C1CC1c1ccc(F)cc1. The summed E-state index contributed by atoms with van der Waals surface area (Å²) < 4.78 is 12.9. The third kappa shape index (κ3) is 3.80. The maximum atomic E-state index is 12.9. The van der Waals surface area contributed by atoms with Gasteiger partial charge in [-0.3, -0.25) is 9.59 Å². The number of halogens is 1. The van der Waals surface area contributed by atoms with Gasteiger partial charge in [0.1, 0.15) is 5.82 Å². The number of carboxylic acids is 1. The fourth-order valence-corrected chi connectivity index (χ4v) is 2.60. The molecule has 1 N–H and O–H groups in total. The molecule has 0 spiro atoms. The smallest absolute Gasteiger partial charge is 0.305 e. The van der Waals surface area contributed by atoms with Crippen LogP contribution in [0.25, 0.3) is 0 Å². The molecule has 1 aromatic carbocycles. The Hall–Kier alpha value is -1.91. The zero-order valence-electron chi connectivity index (χ0n) is 12.3. The van der Waals surface area contributed by atoms with Gasteiger partial charge in [0.05, 0.1) is 6.42 Å². The molecule has 1 aliphatic carbocycles. The second kappa shape index (κ2) is 6.24. The van der Waals surface area contributed by atoms with Crippen molar-refractivity contribution in [3.63, 3.8) is 0 Å². The maximum Gasteiger partial charge on any atom is 0.305 e. The average molecular weight is 293 g/mol. The minimum absolute atomic E-state index is 0.000532. The molecule has 0 heterocycles. The molecule has 0 bridgehead atoms. The number of amides is 1. The van der Waals surface area contributed by atoms with Crippen LogP contribution in [0.5, 0.6) is 0 Å². The van der Waals surface area contributed by atoms with E-state index in [0.717, 1.165) is 12.0 Å². The fraction of sp³-hybridized carbons (Fsp3) is 0.500. The minimum atomic E-state index is -0.903. The highest BCUT2D eigenvalue weighted by molar-refractivity contribution is 5.83. The lowest BCUT2D eigenvalue weighted by Crippen LogP contribution is -2.39. The molecule has 114 valence electrons. The van der Waals surface area contributed by atoms with E-state index in [9.17, 15) is 14.0 Å². The van der Waals surface area contributed by atoms with Gasteiger partial charge in [0.2, 0.25) is 5.91 Å². The number of carbonyl (C=O) groups is 2. The van der Waals surface area contributed by atoms with E-state index in [-0.39, 0.29) is 42.6 Å². The molecule has 2 atom stereocenters. The molecule has 1 saturated carbocycles. The highest BCUT2D eigenvalue weighted by atomic mass is 19.1. The van der Waals surface area contributed by atoms with Crippen LogP contribution in [0.3, 0.4) is 0 Å². The third-order valence-corrected chi connectivity index (χ3v) is 3.88. The van der Waals surface area contributed by atoms with E-state index >= 15 is 0 Å². The summed E-state index contributed by atoms with van der Waals surface area (Å²) >= 11 is 0. The normalized spacial score (nSPS) is 20.4. The molecule has 4 nitrogen and oxygen atoms in total. The summed E-state index contributed by atoms with van der Waals surface area (Å²) in [7, 11) is 0. The first-order valence-electron chi connectivity index (χ1n) is 7.18. The van der Waals surface area contributed by atoms with E-state index in [1.54, 1.807) is 17.0 Å². The summed E-state index contributed by atoms with van der Waals surface area (Å²) in [5.41, 5.74) is 0.969. The predicted molar refractivity (Wildman–Crippen MR) is 76.3 cm³/mol. The van der Waals surface area contributed by atoms with Gasteiger partial charge in [0.15, 0.2) is 0 Å². The molecule has 1 aromatic rings. The Morgan fingerprint density at radius 1 is 1.33 bits per heavy atom. The van der Waals surface area contributed by atoms with Gasteiger partial charge in [0, 0.05) is 18.5 Å². The highest BCUT2D eigenvalue weighted by Gasteiger charge is 2.46. The van der Waals surface area contributed by atoms with Crippen molar-refractivity contribution < 1.29 is 19.1 Å². The summed E-state index contributed by atoms with van der Waals surface area (Å²) in [5.74, 6) is -1.16. The maximum absolute atomic E-state index is 12.9. The van der Waals surface area contributed by atoms with E-state index in [1.807, 2.05) is 13.8 Å². The van der Waals surface area contributed by atoms with E-state index in [1.165, 1.54) is 12.1 Å². The Morgan fingerprint density at radius 2 is 1.95 bits per heavy atom. The van der Waals surface area contributed by atoms with Crippen molar-refractivity contribution in [1.82, 2.24) is 4.90 Å². The van der Waals surface area contributed by atoms with E-state index in [4.69, 9.17) is 5.11 Å². The molecule has 0 aliphatic heterocycles. The lowest BCUT2D eigenvalue weighted by atomic mass is 10.1. The topological polar surface area (TPSA) is 57.6 Å². The molecule has 0 saturated heterocycles. The molecule has 0 aromatic heterocycles. The Bertz CT molecular complexity index is 527. The summed E-state index contributed by atoms with van der Waals surface area (Å²) in [5, 5.41) is 8.76. The number of carbonyl (C=O) groups excluding carboxylic acids is 1. The standard InChI is InChI=1S/C16H20FNO3/c1-10(2)18(8-7-15(19)20)16(21)14-9-13(14)11-3-5-12(17)6-4-11/h3-6,10,13-14H,7-9H2,1-2H3,(H,19,20). The number of aliphatic carboxylic acids is 1. The lowest BCUT2D eigenvalue weighted by Gasteiger charge is -2.26. The Labute approximate surface area is 123 Å². The van der Waals surface area contributed by atoms with Crippen LogP contribution < -0.4 is 0 Å². The number of carboxylic acid groups (broad SMARTS) is 1. The van der Waals surface area contributed by atoms with Crippen LogP contribution in [-0.4, -0.2) is 34.5 Å². The lowest BCUT2D eigenvalue weighted by molar-refractivity contribution is -0.139. The van der Waals surface area contributed by atoms with E-state index < -0.39 is 5.97 Å². The molecular formula is C16H20FNO3. The molecule has 5 heteroatoms. The molecule has 21 heavy (non-hydrogen) atoms. The first kappa shape index (κ1) is 15.5. The van der Waals surface area contributed by atoms with Crippen LogP contribution in [0.1, 0.15) is 38.2 Å². The van der Waals surface area contributed by atoms with Crippen LogP contribution in [0.15, 0.2) is 24.3 Å². The largest absolute Gasteiger partial charge is 0.481 e. The van der Waals surface area contributed by atoms with Crippen molar-refractivity contribution in [3.05, 3.63) is 35.6 Å². The number of nitrogens with zero attached hydrogens (tertiary/aromatic N) is 1. The van der Waals surface area contributed by atoms with Gasteiger partial charge in [-0.05, 0) is 43.9 Å². The zero-order valence-corrected chi connectivity index (χ0v) is 12.3. The molecule has 2 rings (SSSR count). The molecule has 2 unspecified atom stereocenters. The predicted octanol–water partition coefficient (Wildman–Crippen LogP) is 2.64. The zero-order chi connectivity index (χ0) is 15.6. The first-order valence-corrected chi connectivity index (χ1v) is 7.18. The monoisotopic (exact) mass is 293 g/mol. The first-order chi connectivity index (χ1) is 9.90. The summed E-state index contributed by atoms with van der Waals surface area (Å²) in [6.45, 7) is 4.00. The molecule has 1 aliphatic rings.